The van der Waals surface area contributed by atoms with Crippen molar-refractivity contribution in [2.45, 2.75) is 18.8 Å². The number of nitrogens with zero attached hydrogens (tertiary/aromatic N) is 3. The Morgan fingerprint density at radius 3 is 2.74 bits per heavy atom. The minimum atomic E-state index is -0.103. The summed E-state index contributed by atoms with van der Waals surface area (Å²) in [4.78, 5) is 26.5. The molecule has 0 saturated carbocycles. The van der Waals surface area contributed by atoms with Crippen molar-refractivity contribution in [3.63, 3.8) is 0 Å². The van der Waals surface area contributed by atoms with Crippen molar-refractivity contribution >= 4 is 39.6 Å². The lowest BCUT2D eigenvalue weighted by Crippen LogP contribution is -2.35. The van der Waals surface area contributed by atoms with Crippen LogP contribution in [0.1, 0.15) is 24.7 Å². The Balaban J connectivity index is 1.37. The summed E-state index contributed by atoms with van der Waals surface area (Å²) in [6.07, 6.45) is 1.77. The monoisotopic (exact) mass is 380 g/mol. The number of hydrogen-bond donors (Lipinski definition) is 1. The molecule has 1 N–H and O–H groups in total. The number of aromatic amines is 1. The van der Waals surface area contributed by atoms with Crippen LogP contribution in [0, 0.1) is 0 Å². The van der Waals surface area contributed by atoms with E-state index in [4.69, 9.17) is 16.0 Å². The van der Waals surface area contributed by atoms with Gasteiger partial charge in [-0.05, 0) is 43.2 Å². The van der Waals surface area contributed by atoms with E-state index in [0.717, 1.165) is 42.9 Å². The summed E-state index contributed by atoms with van der Waals surface area (Å²) in [5.74, 6) is 1.63. The first-order valence-electron chi connectivity index (χ1n) is 8.97. The Morgan fingerprint density at radius 2 is 1.89 bits per heavy atom. The van der Waals surface area contributed by atoms with E-state index in [1.54, 1.807) is 6.07 Å². The van der Waals surface area contributed by atoms with Crippen LogP contribution in [0.2, 0.25) is 5.02 Å². The lowest BCUT2D eigenvalue weighted by Gasteiger charge is -2.31. The standard InChI is InChI=1S/C20H17ClN4O2/c21-13-5-6-17-16(11-13)22-19(27-17)12-7-9-25(10-8-12)20-23-15-4-2-1-3-14(15)18(26)24-20/h1-6,11-12H,7-10H2,(H,23,24,26). The number of benzene rings is 2. The normalized spacial score (nSPS) is 15.7. The molecule has 136 valence electrons. The Hall–Kier alpha value is -2.86. The molecule has 0 radical (unpaired) electrons. The van der Waals surface area contributed by atoms with Gasteiger partial charge in [0.1, 0.15) is 5.52 Å². The molecule has 0 amide bonds. The number of rotatable bonds is 2. The van der Waals surface area contributed by atoms with Crippen molar-refractivity contribution in [3.8, 4) is 0 Å². The van der Waals surface area contributed by atoms with Gasteiger partial charge in [-0.2, -0.15) is 0 Å². The molecule has 6 nitrogen and oxygen atoms in total. The molecule has 27 heavy (non-hydrogen) atoms. The largest absolute Gasteiger partial charge is 0.440 e. The van der Waals surface area contributed by atoms with Gasteiger partial charge in [-0.1, -0.05) is 23.7 Å². The van der Waals surface area contributed by atoms with E-state index >= 15 is 0 Å². The number of oxazole rings is 1. The van der Waals surface area contributed by atoms with Gasteiger partial charge in [-0.3, -0.25) is 9.78 Å². The summed E-state index contributed by atoms with van der Waals surface area (Å²) >= 11 is 6.03. The van der Waals surface area contributed by atoms with Gasteiger partial charge in [0, 0.05) is 24.0 Å². The molecule has 0 unspecified atom stereocenters. The predicted octanol–water partition coefficient (Wildman–Crippen LogP) is 4.10. The van der Waals surface area contributed by atoms with Crippen LogP contribution in [0.25, 0.3) is 22.0 Å². The van der Waals surface area contributed by atoms with Crippen LogP contribution in [-0.4, -0.2) is 28.0 Å². The van der Waals surface area contributed by atoms with E-state index in [-0.39, 0.29) is 11.5 Å². The summed E-state index contributed by atoms with van der Waals surface area (Å²) in [5, 5.41) is 1.27. The topological polar surface area (TPSA) is 75.0 Å². The van der Waals surface area contributed by atoms with Crippen LogP contribution < -0.4 is 10.5 Å². The Kier molecular flexibility index (Phi) is 3.86. The van der Waals surface area contributed by atoms with Crippen LogP contribution in [0.3, 0.4) is 0 Å². The van der Waals surface area contributed by atoms with Gasteiger partial charge in [0.2, 0.25) is 5.95 Å². The van der Waals surface area contributed by atoms with Crippen LogP contribution in [0.15, 0.2) is 51.7 Å². The molecule has 2 aromatic carbocycles. The fourth-order valence-corrected chi connectivity index (χ4v) is 3.82. The average molecular weight is 381 g/mol. The van der Waals surface area contributed by atoms with Crippen LogP contribution in [-0.2, 0) is 0 Å². The van der Waals surface area contributed by atoms with Crippen molar-refractivity contribution in [1.29, 1.82) is 0 Å². The van der Waals surface area contributed by atoms with Crippen molar-refractivity contribution in [3.05, 3.63) is 63.7 Å². The molecule has 0 bridgehead atoms. The van der Waals surface area contributed by atoms with Gasteiger partial charge in [-0.25, -0.2) is 9.97 Å². The minimum absolute atomic E-state index is 0.103. The van der Waals surface area contributed by atoms with E-state index in [9.17, 15) is 4.79 Å². The molecule has 3 heterocycles. The molecule has 4 aromatic rings. The molecule has 1 saturated heterocycles. The third-order valence-electron chi connectivity index (χ3n) is 5.11. The Labute approximate surface area is 159 Å². The van der Waals surface area contributed by atoms with Crippen molar-refractivity contribution < 1.29 is 4.42 Å². The highest BCUT2D eigenvalue weighted by molar-refractivity contribution is 6.31. The number of hydrogen-bond acceptors (Lipinski definition) is 5. The zero-order chi connectivity index (χ0) is 18.4. The summed E-state index contributed by atoms with van der Waals surface area (Å²) in [7, 11) is 0. The van der Waals surface area contributed by atoms with Gasteiger partial charge < -0.3 is 9.32 Å². The highest BCUT2D eigenvalue weighted by atomic mass is 35.5. The molecule has 1 aliphatic heterocycles. The van der Waals surface area contributed by atoms with Gasteiger partial charge in [-0.15, -0.1) is 0 Å². The Bertz CT molecular complexity index is 1190. The number of anilines is 1. The summed E-state index contributed by atoms with van der Waals surface area (Å²) in [6, 6.07) is 12.9. The van der Waals surface area contributed by atoms with Crippen LogP contribution in [0.4, 0.5) is 5.95 Å². The summed E-state index contributed by atoms with van der Waals surface area (Å²) < 4.78 is 5.92. The van der Waals surface area contributed by atoms with E-state index in [0.29, 0.717) is 21.9 Å². The third-order valence-corrected chi connectivity index (χ3v) is 5.35. The van der Waals surface area contributed by atoms with Crippen molar-refractivity contribution in [2.75, 3.05) is 18.0 Å². The smallest absolute Gasteiger partial charge is 0.260 e. The summed E-state index contributed by atoms with van der Waals surface area (Å²) in [5.41, 5.74) is 2.17. The molecular formula is C20H17ClN4O2. The maximum atomic E-state index is 12.3. The Morgan fingerprint density at radius 1 is 1.07 bits per heavy atom. The van der Waals surface area contributed by atoms with Gasteiger partial charge >= 0.3 is 0 Å². The molecule has 1 fully saturated rings. The maximum Gasteiger partial charge on any atom is 0.260 e. The first-order valence-corrected chi connectivity index (χ1v) is 9.35. The fourth-order valence-electron chi connectivity index (χ4n) is 3.66. The highest BCUT2D eigenvalue weighted by Crippen LogP contribution is 2.31. The lowest BCUT2D eigenvalue weighted by molar-refractivity contribution is 0.405. The van der Waals surface area contributed by atoms with Gasteiger partial charge in [0.05, 0.1) is 10.9 Å². The fraction of sp³-hybridized carbons (Fsp3) is 0.250. The quantitative estimate of drug-likeness (QED) is 0.566. The molecule has 5 rings (SSSR count). The third kappa shape index (κ3) is 2.96. The molecule has 0 aliphatic carbocycles. The van der Waals surface area contributed by atoms with Crippen molar-refractivity contribution in [2.24, 2.45) is 0 Å². The van der Waals surface area contributed by atoms with Crippen LogP contribution in [0.5, 0.6) is 0 Å². The van der Waals surface area contributed by atoms with Gasteiger partial charge in [0.25, 0.3) is 5.56 Å². The second-order valence-corrected chi connectivity index (χ2v) is 7.27. The second kappa shape index (κ2) is 6.39. The number of piperidine rings is 1. The maximum absolute atomic E-state index is 12.3. The zero-order valence-electron chi connectivity index (χ0n) is 14.5. The molecule has 0 spiro atoms. The minimum Gasteiger partial charge on any atom is -0.440 e. The van der Waals surface area contributed by atoms with E-state index in [2.05, 4.69) is 19.9 Å². The zero-order valence-corrected chi connectivity index (χ0v) is 15.2. The number of para-hydroxylation sites is 1. The second-order valence-electron chi connectivity index (χ2n) is 6.83. The first kappa shape index (κ1) is 16.3. The highest BCUT2D eigenvalue weighted by Gasteiger charge is 2.26. The first-order chi connectivity index (χ1) is 13.2. The number of nitrogens with one attached hydrogen (secondary N) is 1. The number of fused-ring (bicyclic) bond motifs is 2. The van der Waals surface area contributed by atoms with Gasteiger partial charge in [0.15, 0.2) is 11.5 Å². The van der Waals surface area contributed by atoms with E-state index < -0.39 is 0 Å². The molecule has 2 aromatic heterocycles. The lowest BCUT2D eigenvalue weighted by atomic mass is 9.97. The van der Waals surface area contributed by atoms with E-state index in [1.165, 1.54) is 0 Å². The number of halogens is 1. The molecule has 7 heteroatoms. The predicted molar refractivity (Wildman–Crippen MR) is 106 cm³/mol. The number of H-pyrrole nitrogens is 1. The average Bonchev–Trinajstić information content (AvgIpc) is 3.11. The molecule has 0 atom stereocenters. The van der Waals surface area contributed by atoms with E-state index in [1.807, 2.05) is 36.4 Å². The molecule has 1 aliphatic rings. The SMILES string of the molecule is O=c1[nH]c(N2CCC(c3nc4cc(Cl)ccc4o3)CC2)nc2ccccc12. The molecular weight excluding hydrogens is 364 g/mol. The number of aromatic nitrogens is 3. The van der Waals surface area contributed by atoms with Crippen LogP contribution >= 0.6 is 11.6 Å². The summed E-state index contributed by atoms with van der Waals surface area (Å²) in [6.45, 7) is 1.57. The van der Waals surface area contributed by atoms with Crippen molar-refractivity contribution in [1.82, 2.24) is 15.0 Å².